The van der Waals surface area contributed by atoms with Crippen LogP contribution in [0.4, 0.5) is 4.39 Å². The van der Waals surface area contributed by atoms with E-state index in [2.05, 4.69) is 27.2 Å². The first-order valence-corrected chi connectivity index (χ1v) is 5.75. The molecule has 1 aromatic carbocycles. The highest BCUT2D eigenvalue weighted by Gasteiger charge is 2.14. The molecular formula is C12H14BrFN2. The van der Waals surface area contributed by atoms with E-state index in [-0.39, 0.29) is 17.9 Å². The van der Waals surface area contributed by atoms with E-state index in [1.165, 1.54) is 12.1 Å². The van der Waals surface area contributed by atoms with Crippen LogP contribution in [-0.2, 0) is 0 Å². The molecule has 0 aliphatic rings. The molecular weight excluding hydrogens is 271 g/mol. The van der Waals surface area contributed by atoms with Gasteiger partial charge in [0.25, 0.3) is 0 Å². The van der Waals surface area contributed by atoms with Crippen molar-refractivity contribution in [2.75, 3.05) is 6.54 Å². The molecule has 0 amide bonds. The SMILES string of the molecule is C#CC(C)NC(CN)c1ccc(F)cc1Br. The summed E-state index contributed by atoms with van der Waals surface area (Å²) in [6, 6.07) is 4.37. The summed E-state index contributed by atoms with van der Waals surface area (Å²) in [5.74, 6) is 2.29. The molecule has 0 radical (unpaired) electrons. The second-order valence-electron chi connectivity index (χ2n) is 3.51. The number of nitrogens with two attached hydrogens (primary N) is 1. The van der Waals surface area contributed by atoms with Crippen LogP contribution < -0.4 is 11.1 Å². The third kappa shape index (κ3) is 3.31. The summed E-state index contributed by atoms with van der Waals surface area (Å²) in [6.07, 6.45) is 5.29. The van der Waals surface area contributed by atoms with Crippen molar-refractivity contribution in [1.82, 2.24) is 5.32 Å². The van der Waals surface area contributed by atoms with Gasteiger partial charge in [0.15, 0.2) is 0 Å². The van der Waals surface area contributed by atoms with Gasteiger partial charge in [0.05, 0.1) is 6.04 Å². The van der Waals surface area contributed by atoms with Crippen LogP contribution in [0.2, 0.25) is 0 Å². The average Bonchev–Trinajstić information content (AvgIpc) is 2.26. The number of benzene rings is 1. The van der Waals surface area contributed by atoms with E-state index in [0.29, 0.717) is 11.0 Å². The van der Waals surface area contributed by atoms with Gasteiger partial charge in [0.1, 0.15) is 5.82 Å². The largest absolute Gasteiger partial charge is 0.329 e. The zero-order chi connectivity index (χ0) is 12.1. The lowest BCUT2D eigenvalue weighted by Gasteiger charge is -2.20. The van der Waals surface area contributed by atoms with Crippen LogP contribution in [0.25, 0.3) is 0 Å². The Bertz CT molecular complexity index is 400. The lowest BCUT2D eigenvalue weighted by molar-refractivity contribution is 0.515. The minimum atomic E-state index is -0.281. The summed E-state index contributed by atoms with van der Waals surface area (Å²) >= 11 is 3.31. The van der Waals surface area contributed by atoms with Crippen LogP contribution in [0.1, 0.15) is 18.5 Å². The standard InChI is InChI=1S/C12H14BrFN2/c1-3-8(2)16-12(7-15)10-5-4-9(14)6-11(10)13/h1,4-6,8,12,16H,7,15H2,2H3. The first-order valence-electron chi connectivity index (χ1n) is 4.95. The van der Waals surface area contributed by atoms with Crippen molar-refractivity contribution < 1.29 is 4.39 Å². The van der Waals surface area contributed by atoms with Crippen LogP contribution in [-0.4, -0.2) is 12.6 Å². The summed E-state index contributed by atoms with van der Waals surface area (Å²) in [5, 5.41) is 3.18. The zero-order valence-corrected chi connectivity index (χ0v) is 10.6. The van der Waals surface area contributed by atoms with Gasteiger partial charge in [0, 0.05) is 17.1 Å². The van der Waals surface area contributed by atoms with E-state index in [9.17, 15) is 4.39 Å². The van der Waals surface area contributed by atoms with Crippen molar-refractivity contribution in [3.05, 3.63) is 34.1 Å². The lowest BCUT2D eigenvalue weighted by Crippen LogP contribution is -2.34. The van der Waals surface area contributed by atoms with Crippen LogP contribution in [0.5, 0.6) is 0 Å². The maximum Gasteiger partial charge on any atom is 0.124 e. The quantitative estimate of drug-likeness (QED) is 0.832. The number of halogens is 2. The normalized spacial score (nSPS) is 14.2. The van der Waals surface area contributed by atoms with Crippen molar-refractivity contribution in [3.8, 4) is 12.3 Å². The molecule has 4 heteroatoms. The molecule has 0 saturated heterocycles. The van der Waals surface area contributed by atoms with E-state index in [0.717, 1.165) is 5.56 Å². The van der Waals surface area contributed by atoms with Crippen molar-refractivity contribution in [2.45, 2.75) is 19.0 Å². The van der Waals surface area contributed by atoms with Gasteiger partial charge < -0.3 is 5.73 Å². The number of rotatable bonds is 4. The van der Waals surface area contributed by atoms with Gasteiger partial charge in [-0.25, -0.2) is 4.39 Å². The molecule has 0 spiro atoms. The minimum Gasteiger partial charge on any atom is -0.329 e. The van der Waals surface area contributed by atoms with Crippen molar-refractivity contribution in [1.29, 1.82) is 0 Å². The molecule has 3 N–H and O–H groups in total. The van der Waals surface area contributed by atoms with Crippen LogP contribution in [0.15, 0.2) is 22.7 Å². The Morgan fingerprint density at radius 2 is 2.31 bits per heavy atom. The summed E-state index contributed by atoms with van der Waals surface area (Å²) in [5.41, 5.74) is 6.58. The molecule has 0 aromatic heterocycles. The van der Waals surface area contributed by atoms with Gasteiger partial charge in [0.2, 0.25) is 0 Å². The highest BCUT2D eigenvalue weighted by Crippen LogP contribution is 2.24. The smallest absolute Gasteiger partial charge is 0.124 e. The molecule has 16 heavy (non-hydrogen) atoms. The molecule has 0 aliphatic carbocycles. The Morgan fingerprint density at radius 3 is 2.81 bits per heavy atom. The van der Waals surface area contributed by atoms with Gasteiger partial charge in [-0.05, 0) is 24.6 Å². The first kappa shape index (κ1) is 13.2. The maximum atomic E-state index is 12.9. The highest BCUT2D eigenvalue weighted by molar-refractivity contribution is 9.10. The second kappa shape index (κ2) is 6.00. The monoisotopic (exact) mass is 284 g/mol. The molecule has 0 fully saturated rings. The molecule has 1 aromatic rings. The van der Waals surface area contributed by atoms with Gasteiger partial charge in [-0.2, -0.15) is 0 Å². The Balaban J connectivity index is 2.91. The lowest BCUT2D eigenvalue weighted by atomic mass is 10.1. The van der Waals surface area contributed by atoms with Crippen LogP contribution in [0, 0.1) is 18.2 Å². The summed E-state index contributed by atoms with van der Waals surface area (Å²) in [4.78, 5) is 0. The molecule has 86 valence electrons. The fourth-order valence-corrected chi connectivity index (χ4v) is 2.05. The number of nitrogens with one attached hydrogen (secondary N) is 1. The zero-order valence-electron chi connectivity index (χ0n) is 9.00. The number of terminal acetylenes is 1. The third-order valence-electron chi connectivity index (χ3n) is 2.27. The molecule has 0 aliphatic heterocycles. The maximum absolute atomic E-state index is 12.9. The van der Waals surface area contributed by atoms with E-state index in [1.54, 1.807) is 6.07 Å². The Kier molecular flexibility index (Phi) is 4.94. The predicted molar refractivity (Wildman–Crippen MR) is 67.3 cm³/mol. The highest BCUT2D eigenvalue weighted by atomic mass is 79.9. The Morgan fingerprint density at radius 1 is 1.62 bits per heavy atom. The summed E-state index contributed by atoms with van der Waals surface area (Å²) in [6.45, 7) is 2.27. The van der Waals surface area contributed by atoms with E-state index >= 15 is 0 Å². The molecule has 2 atom stereocenters. The number of hydrogen-bond donors (Lipinski definition) is 2. The van der Waals surface area contributed by atoms with Crippen molar-refractivity contribution in [2.24, 2.45) is 5.73 Å². The molecule has 1 rings (SSSR count). The molecule has 0 heterocycles. The van der Waals surface area contributed by atoms with Gasteiger partial charge in [-0.1, -0.05) is 27.9 Å². The van der Waals surface area contributed by atoms with Gasteiger partial charge in [-0.3, -0.25) is 5.32 Å². The van der Waals surface area contributed by atoms with Gasteiger partial charge in [-0.15, -0.1) is 6.42 Å². The summed E-state index contributed by atoms with van der Waals surface area (Å²) < 4.78 is 13.6. The Labute approximate surface area is 104 Å². The topological polar surface area (TPSA) is 38.0 Å². The van der Waals surface area contributed by atoms with Crippen LogP contribution >= 0.6 is 15.9 Å². The van der Waals surface area contributed by atoms with Crippen LogP contribution in [0.3, 0.4) is 0 Å². The molecule has 0 bridgehead atoms. The molecule has 2 unspecified atom stereocenters. The molecule has 2 nitrogen and oxygen atoms in total. The predicted octanol–water partition coefficient (Wildman–Crippen LogP) is 2.20. The second-order valence-corrected chi connectivity index (χ2v) is 4.36. The van der Waals surface area contributed by atoms with E-state index in [4.69, 9.17) is 12.2 Å². The van der Waals surface area contributed by atoms with E-state index < -0.39 is 0 Å². The molecule has 0 saturated carbocycles. The minimum absolute atomic E-state index is 0.0782. The average molecular weight is 285 g/mol. The first-order chi connectivity index (χ1) is 7.58. The van der Waals surface area contributed by atoms with Crippen molar-refractivity contribution in [3.63, 3.8) is 0 Å². The van der Waals surface area contributed by atoms with Gasteiger partial charge >= 0.3 is 0 Å². The van der Waals surface area contributed by atoms with Crippen molar-refractivity contribution >= 4 is 15.9 Å². The fourth-order valence-electron chi connectivity index (χ4n) is 1.42. The third-order valence-corrected chi connectivity index (χ3v) is 2.96. The Hall–Kier alpha value is -0.890. The van der Waals surface area contributed by atoms with E-state index in [1.807, 2.05) is 6.92 Å². The fraction of sp³-hybridized carbons (Fsp3) is 0.333. The number of hydrogen-bond acceptors (Lipinski definition) is 2. The summed E-state index contributed by atoms with van der Waals surface area (Å²) in [7, 11) is 0.